The van der Waals surface area contributed by atoms with E-state index in [9.17, 15) is 9.18 Å². The van der Waals surface area contributed by atoms with Gasteiger partial charge in [-0.05, 0) is 48.1 Å². The van der Waals surface area contributed by atoms with Gasteiger partial charge in [-0.2, -0.15) is 5.10 Å². The van der Waals surface area contributed by atoms with Gasteiger partial charge in [-0.1, -0.05) is 12.1 Å². The van der Waals surface area contributed by atoms with Crippen molar-refractivity contribution in [1.29, 1.82) is 0 Å². The van der Waals surface area contributed by atoms with Gasteiger partial charge in [-0.25, -0.2) is 4.39 Å². The molecule has 2 rings (SSSR count). The van der Waals surface area contributed by atoms with Crippen LogP contribution in [0.3, 0.4) is 0 Å². The molecule has 0 spiro atoms. The van der Waals surface area contributed by atoms with Crippen LogP contribution in [0.4, 0.5) is 10.1 Å². The number of nitrogens with two attached hydrogens (primary N) is 1. The van der Waals surface area contributed by atoms with Crippen LogP contribution in [0.25, 0.3) is 0 Å². The van der Waals surface area contributed by atoms with Crippen molar-refractivity contribution < 1.29 is 18.7 Å². The highest BCUT2D eigenvalue weighted by atomic mass is 32.1. The average Bonchev–Trinajstić information content (AvgIpc) is 2.62. The van der Waals surface area contributed by atoms with Gasteiger partial charge in [0.2, 0.25) is 0 Å². The molecule has 0 saturated heterocycles. The summed E-state index contributed by atoms with van der Waals surface area (Å²) in [4.78, 5) is 10.8. The summed E-state index contributed by atoms with van der Waals surface area (Å²) in [5.41, 5.74) is 8.57. The second kappa shape index (κ2) is 9.33. The Morgan fingerprint density at radius 2 is 2.08 bits per heavy atom. The molecule has 0 atom stereocenters. The van der Waals surface area contributed by atoms with Crippen LogP contribution < -0.4 is 25.9 Å². The van der Waals surface area contributed by atoms with E-state index in [4.69, 9.17) is 27.4 Å². The molecule has 0 aliphatic carbocycles. The molecule has 0 unspecified atom stereocenters. The molecule has 0 aromatic heterocycles. The molecule has 0 fully saturated rings. The first kappa shape index (κ1) is 19.1. The lowest BCUT2D eigenvalue weighted by molar-refractivity contribution is -0.119. The maximum Gasteiger partial charge on any atom is 0.255 e. The number of para-hydroxylation sites is 1. The van der Waals surface area contributed by atoms with Crippen LogP contribution in [-0.4, -0.2) is 31.0 Å². The van der Waals surface area contributed by atoms with Crippen molar-refractivity contribution in [2.24, 2.45) is 10.8 Å². The predicted octanol–water partition coefficient (Wildman–Crippen LogP) is 2.02. The van der Waals surface area contributed by atoms with E-state index >= 15 is 0 Å². The third-order valence-corrected chi connectivity index (χ3v) is 3.25. The molecule has 0 heterocycles. The Morgan fingerprint density at radius 1 is 1.31 bits per heavy atom. The number of ether oxygens (including phenoxy) is 2. The summed E-state index contributed by atoms with van der Waals surface area (Å²) in [6.07, 6.45) is 1.50. The number of hydrogen-bond acceptors (Lipinski definition) is 5. The maximum atomic E-state index is 13.5. The molecular formula is C17H17FN4O3S. The molecule has 1 amide bonds. The minimum Gasteiger partial charge on any atom is -0.493 e. The summed E-state index contributed by atoms with van der Waals surface area (Å²) in [7, 11) is 1.47. The van der Waals surface area contributed by atoms with Crippen LogP contribution in [0.2, 0.25) is 0 Å². The van der Waals surface area contributed by atoms with Crippen LogP contribution in [0.5, 0.6) is 11.5 Å². The van der Waals surface area contributed by atoms with Crippen LogP contribution >= 0.6 is 12.2 Å². The second-order valence-electron chi connectivity index (χ2n) is 4.97. The lowest BCUT2D eigenvalue weighted by atomic mass is 10.2. The highest BCUT2D eigenvalue weighted by Gasteiger charge is 2.06. The monoisotopic (exact) mass is 376 g/mol. The Hall–Kier alpha value is -3.20. The predicted molar refractivity (Wildman–Crippen MR) is 101 cm³/mol. The van der Waals surface area contributed by atoms with Crippen molar-refractivity contribution in [2.75, 3.05) is 19.0 Å². The number of anilines is 1. The quantitative estimate of drug-likeness (QED) is 0.389. The lowest BCUT2D eigenvalue weighted by Crippen LogP contribution is -2.24. The summed E-state index contributed by atoms with van der Waals surface area (Å²) in [6, 6.07) is 11.1. The molecule has 7 nitrogen and oxygen atoms in total. The number of amides is 1. The first-order valence-electron chi connectivity index (χ1n) is 7.43. The van der Waals surface area contributed by atoms with Crippen molar-refractivity contribution in [3.63, 3.8) is 0 Å². The van der Waals surface area contributed by atoms with Crippen molar-refractivity contribution >= 4 is 35.1 Å². The number of hydrazone groups is 1. The van der Waals surface area contributed by atoms with Crippen LogP contribution in [0, 0.1) is 5.82 Å². The van der Waals surface area contributed by atoms with Crippen molar-refractivity contribution in [1.82, 2.24) is 5.43 Å². The summed E-state index contributed by atoms with van der Waals surface area (Å²) in [5.74, 6) is -0.204. The molecule has 0 radical (unpaired) electrons. The Balaban J connectivity index is 1.96. The first-order chi connectivity index (χ1) is 12.5. The minimum atomic E-state index is -0.585. The Bertz CT molecular complexity index is 829. The number of carbonyl (C=O) groups excluding carboxylic acids is 1. The van der Waals surface area contributed by atoms with Crippen LogP contribution in [-0.2, 0) is 4.79 Å². The Labute approximate surface area is 155 Å². The number of benzene rings is 2. The third-order valence-electron chi connectivity index (χ3n) is 3.06. The normalized spacial score (nSPS) is 10.4. The molecule has 0 saturated carbocycles. The molecule has 0 bridgehead atoms. The van der Waals surface area contributed by atoms with E-state index in [1.165, 1.54) is 19.4 Å². The molecule has 2 aromatic carbocycles. The topological polar surface area (TPSA) is 98.0 Å². The van der Waals surface area contributed by atoms with E-state index in [0.717, 1.165) is 0 Å². The van der Waals surface area contributed by atoms with E-state index in [-0.39, 0.29) is 17.4 Å². The zero-order valence-corrected chi connectivity index (χ0v) is 14.7. The molecule has 0 aliphatic heterocycles. The number of nitrogens with zero attached hydrogens (tertiary/aromatic N) is 1. The van der Waals surface area contributed by atoms with Gasteiger partial charge >= 0.3 is 0 Å². The summed E-state index contributed by atoms with van der Waals surface area (Å²) in [5, 5.41) is 6.81. The van der Waals surface area contributed by atoms with Crippen LogP contribution in [0.1, 0.15) is 5.56 Å². The SMILES string of the molecule is COc1cc(/C=N\NC(=S)Nc2ccccc2F)ccc1OCC(N)=O. The van der Waals surface area contributed by atoms with E-state index in [1.807, 2.05) is 0 Å². The fourth-order valence-corrected chi connectivity index (χ4v) is 2.07. The minimum absolute atomic E-state index is 0.139. The lowest BCUT2D eigenvalue weighted by Gasteiger charge is -2.10. The zero-order valence-electron chi connectivity index (χ0n) is 13.9. The van der Waals surface area contributed by atoms with Crippen molar-refractivity contribution in [2.45, 2.75) is 0 Å². The van der Waals surface area contributed by atoms with Gasteiger partial charge < -0.3 is 20.5 Å². The van der Waals surface area contributed by atoms with E-state index in [2.05, 4.69) is 15.8 Å². The van der Waals surface area contributed by atoms with Gasteiger partial charge in [0, 0.05) is 0 Å². The molecule has 4 N–H and O–H groups in total. The number of primary amides is 1. The fraction of sp³-hybridized carbons (Fsp3) is 0.118. The number of thiocarbonyl (C=S) groups is 1. The fourth-order valence-electron chi connectivity index (χ4n) is 1.91. The zero-order chi connectivity index (χ0) is 18.9. The van der Waals surface area contributed by atoms with Gasteiger partial charge in [-0.15, -0.1) is 0 Å². The molecule has 26 heavy (non-hydrogen) atoms. The van der Waals surface area contributed by atoms with Gasteiger partial charge in [-0.3, -0.25) is 10.2 Å². The van der Waals surface area contributed by atoms with Crippen molar-refractivity contribution in [3.8, 4) is 11.5 Å². The molecule has 9 heteroatoms. The Kier molecular flexibility index (Phi) is 6.86. The number of carbonyl (C=O) groups is 1. The highest BCUT2D eigenvalue weighted by Crippen LogP contribution is 2.27. The standard InChI is InChI=1S/C17H17FN4O3S/c1-24-15-8-11(6-7-14(15)25-10-16(19)23)9-20-22-17(26)21-13-5-3-2-4-12(13)18/h2-9H,10H2,1H3,(H2,19,23)(H2,21,22,26)/b20-9-. The number of hydrogen-bond donors (Lipinski definition) is 3. The average molecular weight is 376 g/mol. The van der Waals surface area contributed by atoms with Gasteiger partial charge in [0.1, 0.15) is 5.82 Å². The van der Waals surface area contributed by atoms with Gasteiger partial charge in [0.05, 0.1) is 19.0 Å². The summed E-state index contributed by atoms with van der Waals surface area (Å²) in [6.45, 7) is -0.249. The van der Waals surface area contributed by atoms with E-state index < -0.39 is 11.7 Å². The number of nitrogens with one attached hydrogen (secondary N) is 2. The second-order valence-corrected chi connectivity index (χ2v) is 5.38. The molecule has 2 aromatic rings. The number of halogens is 1. The highest BCUT2D eigenvalue weighted by molar-refractivity contribution is 7.80. The third kappa shape index (κ3) is 5.71. The van der Waals surface area contributed by atoms with E-state index in [1.54, 1.807) is 36.4 Å². The number of methoxy groups -OCH3 is 1. The number of rotatable bonds is 7. The molecular weight excluding hydrogens is 359 g/mol. The van der Waals surface area contributed by atoms with Gasteiger partial charge in [0.25, 0.3) is 5.91 Å². The van der Waals surface area contributed by atoms with Gasteiger partial charge in [0.15, 0.2) is 23.2 Å². The largest absolute Gasteiger partial charge is 0.493 e. The summed E-state index contributed by atoms with van der Waals surface area (Å²) >= 11 is 5.05. The van der Waals surface area contributed by atoms with E-state index in [0.29, 0.717) is 17.1 Å². The molecule has 136 valence electrons. The summed E-state index contributed by atoms with van der Waals surface area (Å²) < 4.78 is 24.0. The van der Waals surface area contributed by atoms with Crippen molar-refractivity contribution in [3.05, 3.63) is 53.8 Å². The van der Waals surface area contributed by atoms with Crippen LogP contribution in [0.15, 0.2) is 47.6 Å². The molecule has 0 aliphatic rings. The smallest absolute Gasteiger partial charge is 0.255 e. The maximum absolute atomic E-state index is 13.5. The Morgan fingerprint density at radius 3 is 2.77 bits per heavy atom. The first-order valence-corrected chi connectivity index (χ1v) is 7.84.